The molecule has 1 amide bonds. The van der Waals surface area contributed by atoms with Gasteiger partial charge in [0.05, 0.1) is 22.8 Å². The molecule has 1 aliphatic heterocycles. The summed E-state index contributed by atoms with van der Waals surface area (Å²) in [5, 5.41) is 9.16. The maximum atomic E-state index is 14.4. The molecule has 1 saturated heterocycles. The third kappa shape index (κ3) is 4.44. The first-order valence-electron chi connectivity index (χ1n) is 11.3. The highest BCUT2D eigenvalue weighted by molar-refractivity contribution is 7.99. The van der Waals surface area contributed by atoms with Crippen molar-refractivity contribution in [2.45, 2.75) is 68.2 Å². The Morgan fingerprint density at radius 2 is 1.84 bits per heavy atom. The molecule has 172 valence electrons. The Kier molecular flexibility index (Phi) is 6.00. The SMILES string of the molecule is O=C(CSc1nnc(-c2ccccc2F)n1C1CC1)N(C1CCCC1)C1CCS(=O)(=O)C1. The quantitative estimate of drug-likeness (QED) is 0.567. The van der Waals surface area contributed by atoms with Crippen LogP contribution in [0.25, 0.3) is 11.4 Å². The van der Waals surface area contributed by atoms with E-state index in [0.717, 1.165) is 38.5 Å². The summed E-state index contributed by atoms with van der Waals surface area (Å²) in [5.74, 6) is 0.509. The Labute approximate surface area is 191 Å². The van der Waals surface area contributed by atoms with Crippen LogP contribution in [0, 0.1) is 5.82 Å². The van der Waals surface area contributed by atoms with Crippen LogP contribution in [0.5, 0.6) is 0 Å². The molecular weight excluding hydrogens is 451 g/mol. The van der Waals surface area contributed by atoms with Gasteiger partial charge >= 0.3 is 0 Å². The number of amides is 1. The van der Waals surface area contributed by atoms with Crippen molar-refractivity contribution in [2.24, 2.45) is 0 Å². The molecule has 10 heteroatoms. The van der Waals surface area contributed by atoms with E-state index >= 15 is 0 Å². The molecule has 2 heterocycles. The smallest absolute Gasteiger partial charge is 0.233 e. The van der Waals surface area contributed by atoms with Crippen LogP contribution in [-0.2, 0) is 14.6 Å². The number of hydrogen-bond acceptors (Lipinski definition) is 6. The van der Waals surface area contributed by atoms with Crippen LogP contribution in [0.1, 0.15) is 51.0 Å². The molecule has 2 aromatic rings. The van der Waals surface area contributed by atoms with E-state index in [4.69, 9.17) is 0 Å². The number of sulfone groups is 1. The number of carbonyl (C=O) groups is 1. The molecule has 1 aromatic carbocycles. The molecule has 0 spiro atoms. The normalized spacial score (nSPS) is 23.0. The molecule has 0 radical (unpaired) electrons. The Bertz CT molecular complexity index is 1110. The lowest BCUT2D eigenvalue weighted by molar-refractivity contribution is -0.132. The second kappa shape index (κ2) is 8.78. The molecule has 1 aromatic heterocycles. The molecule has 1 unspecified atom stereocenters. The van der Waals surface area contributed by atoms with Crippen molar-refractivity contribution in [3.05, 3.63) is 30.1 Å². The van der Waals surface area contributed by atoms with Crippen molar-refractivity contribution in [1.29, 1.82) is 0 Å². The van der Waals surface area contributed by atoms with Crippen molar-refractivity contribution in [1.82, 2.24) is 19.7 Å². The lowest BCUT2D eigenvalue weighted by atomic mass is 10.1. The molecule has 3 aliphatic rings. The van der Waals surface area contributed by atoms with E-state index in [1.807, 2.05) is 9.47 Å². The molecule has 3 fully saturated rings. The zero-order valence-corrected chi connectivity index (χ0v) is 19.5. The van der Waals surface area contributed by atoms with Gasteiger partial charge < -0.3 is 4.90 Å². The number of hydrogen-bond donors (Lipinski definition) is 0. The lowest BCUT2D eigenvalue weighted by Gasteiger charge is -2.34. The highest BCUT2D eigenvalue weighted by Crippen LogP contribution is 2.41. The zero-order chi connectivity index (χ0) is 22.3. The van der Waals surface area contributed by atoms with E-state index in [0.29, 0.717) is 23.0 Å². The summed E-state index contributed by atoms with van der Waals surface area (Å²) in [6, 6.07) is 6.64. The fourth-order valence-corrected chi connectivity index (χ4v) is 7.53. The van der Waals surface area contributed by atoms with E-state index in [9.17, 15) is 17.6 Å². The predicted molar refractivity (Wildman–Crippen MR) is 121 cm³/mol. The predicted octanol–water partition coefficient (Wildman–Crippen LogP) is 3.47. The van der Waals surface area contributed by atoms with Gasteiger partial charge in [-0.3, -0.25) is 9.36 Å². The third-order valence-corrected chi connectivity index (χ3v) is 9.30. The Balaban J connectivity index is 1.35. The summed E-state index contributed by atoms with van der Waals surface area (Å²) < 4.78 is 40.5. The molecule has 0 N–H and O–H groups in total. The van der Waals surface area contributed by atoms with Crippen molar-refractivity contribution >= 4 is 27.5 Å². The Morgan fingerprint density at radius 3 is 2.50 bits per heavy atom. The highest BCUT2D eigenvalue weighted by atomic mass is 32.2. The van der Waals surface area contributed by atoms with Gasteiger partial charge in [-0.1, -0.05) is 36.7 Å². The maximum Gasteiger partial charge on any atom is 0.233 e. The van der Waals surface area contributed by atoms with Gasteiger partial charge in [0.15, 0.2) is 20.8 Å². The van der Waals surface area contributed by atoms with Gasteiger partial charge in [-0.15, -0.1) is 10.2 Å². The first-order valence-corrected chi connectivity index (χ1v) is 14.1. The number of rotatable bonds is 7. The van der Waals surface area contributed by atoms with Gasteiger partial charge in [-0.2, -0.15) is 0 Å². The maximum absolute atomic E-state index is 14.4. The van der Waals surface area contributed by atoms with Gasteiger partial charge in [-0.25, -0.2) is 12.8 Å². The van der Waals surface area contributed by atoms with Crippen LogP contribution in [0.3, 0.4) is 0 Å². The fraction of sp³-hybridized carbons (Fsp3) is 0.591. The van der Waals surface area contributed by atoms with Crippen LogP contribution >= 0.6 is 11.8 Å². The zero-order valence-electron chi connectivity index (χ0n) is 17.8. The van der Waals surface area contributed by atoms with Crippen LogP contribution < -0.4 is 0 Å². The average molecular weight is 479 g/mol. The Morgan fingerprint density at radius 1 is 1.09 bits per heavy atom. The van der Waals surface area contributed by atoms with Crippen LogP contribution in [0.4, 0.5) is 4.39 Å². The monoisotopic (exact) mass is 478 g/mol. The molecule has 0 bridgehead atoms. The van der Waals surface area contributed by atoms with Gasteiger partial charge in [-0.05, 0) is 44.2 Å². The summed E-state index contributed by atoms with van der Waals surface area (Å²) in [5.41, 5.74) is 0.411. The molecule has 1 atom stereocenters. The fourth-order valence-electron chi connectivity index (χ4n) is 4.95. The van der Waals surface area contributed by atoms with E-state index in [2.05, 4.69) is 10.2 Å². The van der Waals surface area contributed by atoms with E-state index < -0.39 is 9.84 Å². The third-order valence-electron chi connectivity index (χ3n) is 6.62. The van der Waals surface area contributed by atoms with E-state index in [1.54, 1.807) is 18.2 Å². The molecule has 32 heavy (non-hydrogen) atoms. The second-order valence-corrected chi connectivity index (χ2v) is 12.1. The minimum absolute atomic E-state index is 0.0400. The number of thioether (sulfide) groups is 1. The number of benzene rings is 1. The summed E-state index contributed by atoms with van der Waals surface area (Å²) in [7, 11) is -3.07. The van der Waals surface area contributed by atoms with Crippen LogP contribution in [-0.4, -0.2) is 63.3 Å². The van der Waals surface area contributed by atoms with Crippen LogP contribution in [0.15, 0.2) is 29.4 Å². The molecule has 5 rings (SSSR count). The van der Waals surface area contributed by atoms with Crippen molar-refractivity contribution in [3.63, 3.8) is 0 Å². The molecule has 2 aliphatic carbocycles. The first-order chi connectivity index (χ1) is 15.4. The number of halogens is 1. The van der Waals surface area contributed by atoms with Gasteiger partial charge in [0, 0.05) is 18.1 Å². The van der Waals surface area contributed by atoms with Crippen molar-refractivity contribution in [2.75, 3.05) is 17.3 Å². The van der Waals surface area contributed by atoms with E-state index in [1.165, 1.54) is 17.8 Å². The van der Waals surface area contributed by atoms with Gasteiger partial charge in [0.25, 0.3) is 0 Å². The number of aromatic nitrogens is 3. The van der Waals surface area contributed by atoms with Crippen molar-refractivity contribution < 1.29 is 17.6 Å². The largest absolute Gasteiger partial charge is 0.335 e. The summed E-state index contributed by atoms with van der Waals surface area (Å²) in [6.45, 7) is 0. The highest BCUT2D eigenvalue weighted by Gasteiger charge is 2.39. The average Bonchev–Trinajstić information content (AvgIpc) is 3.13. The minimum atomic E-state index is -3.07. The summed E-state index contributed by atoms with van der Waals surface area (Å²) >= 11 is 1.32. The minimum Gasteiger partial charge on any atom is -0.335 e. The molecule has 7 nitrogen and oxygen atoms in total. The van der Waals surface area contributed by atoms with Gasteiger partial charge in [0.1, 0.15) is 5.82 Å². The lowest BCUT2D eigenvalue weighted by Crippen LogP contribution is -2.47. The summed E-state index contributed by atoms with van der Waals surface area (Å²) in [6.07, 6.45) is 6.49. The topological polar surface area (TPSA) is 85.2 Å². The molecular formula is C22H27FN4O3S2. The second-order valence-electron chi connectivity index (χ2n) is 8.97. The number of carbonyl (C=O) groups excluding carboxylic acids is 1. The standard InChI is InChI=1S/C22H27FN4O3S2/c23-19-8-4-3-7-18(19)21-24-25-22(27(21)16-9-10-16)31-13-20(28)26(15-5-1-2-6-15)17-11-12-32(29,30)14-17/h3-4,7-8,15-17H,1-2,5-6,9-14H2. The van der Waals surface area contributed by atoms with Crippen molar-refractivity contribution in [3.8, 4) is 11.4 Å². The first kappa shape index (κ1) is 21.9. The number of nitrogens with zero attached hydrogens (tertiary/aromatic N) is 4. The van der Waals surface area contributed by atoms with E-state index in [-0.39, 0.29) is 47.1 Å². The molecule has 2 saturated carbocycles. The van der Waals surface area contributed by atoms with Crippen LogP contribution in [0.2, 0.25) is 0 Å². The summed E-state index contributed by atoms with van der Waals surface area (Å²) in [4.78, 5) is 15.2. The van der Waals surface area contributed by atoms with Gasteiger partial charge in [0.2, 0.25) is 5.91 Å². The Hall–Kier alpha value is -1.94.